The molecule has 0 bridgehead atoms. The Morgan fingerprint density at radius 3 is 2.65 bits per heavy atom. The Labute approximate surface area is 178 Å². The zero-order chi connectivity index (χ0) is 21.0. The zero-order valence-corrected chi connectivity index (χ0v) is 17.2. The second-order valence-corrected chi connectivity index (χ2v) is 8.91. The van der Waals surface area contributed by atoms with Gasteiger partial charge in [0.2, 0.25) is 0 Å². The van der Waals surface area contributed by atoms with Crippen LogP contribution in [-0.4, -0.2) is 62.7 Å². The molecule has 3 aromatic rings. The van der Waals surface area contributed by atoms with E-state index in [9.17, 15) is 9.18 Å². The average molecular weight is 425 g/mol. The van der Waals surface area contributed by atoms with E-state index in [4.69, 9.17) is 9.26 Å². The number of carbonyl (C=O) groups excluding carboxylic acids is 1. The number of amides is 1. The SMILES string of the molecule is O=C(N1CCC(c2cc(-c3cc4c(cn3)cnn4C3COC3)on2)CC1)C1(F)CCC1. The Kier molecular flexibility index (Phi) is 4.34. The molecule has 2 saturated heterocycles. The number of piperidine rings is 1. The highest BCUT2D eigenvalue weighted by molar-refractivity contribution is 5.86. The Balaban J connectivity index is 1.17. The third-order valence-corrected chi connectivity index (χ3v) is 6.96. The van der Waals surface area contributed by atoms with Crippen LogP contribution in [0, 0.1) is 0 Å². The van der Waals surface area contributed by atoms with Crippen molar-refractivity contribution >= 4 is 16.8 Å². The lowest BCUT2D eigenvalue weighted by Crippen LogP contribution is -2.52. The van der Waals surface area contributed by atoms with Gasteiger partial charge in [-0.15, -0.1) is 0 Å². The molecule has 8 nitrogen and oxygen atoms in total. The maximum atomic E-state index is 14.4. The molecule has 9 heteroatoms. The summed E-state index contributed by atoms with van der Waals surface area (Å²) in [5.74, 6) is 0.481. The van der Waals surface area contributed by atoms with Gasteiger partial charge in [0, 0.05) is 36.7 Å². The molecule has 1 amide bonds. The Morgan fingerprint density at radius 1 is 1.16 bits per heavy atom. The summed E-state index contributed by atoms with van der Waals surface area (Å²) in [6, 6.07) is 4.17. The van der Waals surface area contributed by atoms with E-state index in [-0.39, 0.29) is 17.9 Å². The van der Waals surface area contributed by atoms with Gasteiger partial charge < -0.3 is 14.2 Å². The highest BCUT2D eigenvalue weighted by Gasteiger charge is 2.47. The third kappa shape index (κ3) is 3.13. The van der Waals surface area contributed by atoms with Gasteiger partial charge in [-0.1, -0.05) is 5.16 Å². The van der Waals surface area contributed by atoms with Gasteiger partial charge in [0.25, 0.3) is 5.91 Å². The number of pyridine rings is 1. The Hall–Kier alpha value is -2.81. The first-order valence-electron chi connectivity index (χ1n) is 11.0. The van der Waals surface area contributed by atoms with E-state index in [1.165, 1.54) is 0 Å². The van der Waals surface area contributed by atoms with Gasteiger partial charge in [0.15, 0.2) is 11.4 Å². The molecule has 0 atom stereocenters. The largest absolute Gasteiger partial charge is 0.377 e. The van der Waals surface area contributed by atoms with E-state index in [0.29, 0.717) is 50.6 Å². The molecule has 31 heavy (non-hydrogen) atoms. The van der Waals surface area contributed by atoms with Gasteiger partial charge in [-0.05, 0) is 38.2 Å². The van der Waals surface area contributed by atoms with Crippen molar-refractivity contribution in [1.82, 2.24) is 24.8 Å². The number of alkyl halides is 1. The summed E-state index contributed by atoms with van der Waals surface area (Å²) in [5.41, 5.74) is 0.962. The fourth-order valence-corrected chi connectivity index (χ4v) is 4.69. The Morgan fingerprint density at radius 2 is 1.97 bits per heavy atom. The summed E-state index contributed by atoms with van der Waals surface area (Å²) < 4.78 is 27.3. The van der Waals surface area contributed by atoms with Crippen LogP contribution in [0.4, 0.5) is 4.39 Å². The van der Waals surface area contributed by atoms with E-state index in [1.807, 2.05) is 23.0 Å². The Bertz CT molecular complexity index is 1130. The number of nitrogens with zero attached hydrogens (tertiary/aromatic N) is 5. The molecule has 0 N–H and O–H groups in total. The second-order valence-electron chi connectivity index (χ2n) is 8.91. The lowest BCUT2D eigenvalue weighted by Gasteiger charge is -2.39. The fraction of sp³-hybridized carbons (Fsp3) is 0.545. The van der Waals surface area contributed by atoms with Crippen LogP contribution in [-0.2, 0) is 9.53 Å². The molecule has 0 radical (unpaired) electrons. The van der Waals surface area contributed by atoms with Crippen LogP contribution in [0.25, 0.3) is 22.4 Å². The molecule has 1 aliphatic carbocycles. The summed E-state index contributed by atoms with van der Waals surface area (Å²) in [6.45, 7) is 2.46. The lowest BCUT2D eigenvalue weighted by molar-refractivity contribution is -0.151. The van der Waals surface area contributed by atoms with Crippen LogP contribution in [0.2, 0.25) is 0 Å². The molecule has 6 rings (SSSR count). The fourth-order valence-electron chi connectivity index (χ4n) is 4.69. The number of fused-ring (bicyclic) bond motifs is 1. The number of hydrogen-bond donors (Lipinski definition) is 0. The molecule has 0 aromatic carbocycles. The molecule has 162 valence electrons. The first-order valence-corrected chi connectivity index (χ1v) is 11.0. The van der Waals surface area contributed by atoms with Crippen LogP contribution in [0.1, 0.15) is 49.8 Å². The molecule has 3 aliphatic rings. The first-order chi connectivity index (χ1) is 15.1. The maximum absolute atomic E-state index is 14.4. The van der Waals surface area contributed by atoms with E-state index in [0.717, 1.165) is 35.9 Å². The molecule has 5 heterocycles. The van der Waals surface area contributed by atoms with Crippen LogP contribution < -0.4 is 0 Å². The van der Waals surface area contributed by atoms with E-state index in [1.54, 1.807) is 11.1 Å². The molecule has 0 spiro atoms. The maximum Gasteiger partial charge on any atom is 0.260 e. The van der Waals surface area contributed by atoms with Crippen LogP contribution >= 0.6 is 0 Å². The standard InChI is InChI=1S/C22H24FN5O3/c23-22(4-1-5-22)21(29)27-6-2-14(3-7-27)17-9-20(31-26-17)18-8-19-15(10-24-18)11-25-28(19)16-12-30-13-16/h8-11,14,16H,1-7,12-13H2. The number of carbonyl (C=O) groups is 1. The van der Waals surface area contributed by atoms with E-state index < -0.39 is 5.67 Å². The number of rotatable bonds is 4. The van der Waals surface area contributed by atoms with Gasteiger partial charge in [0.1, 0.15) is 5.69 Å². The molecular formula is C22H24FN5O3. The van der Waals surface area contributed by atoms with Crippen molar-refractivity contribution in [2.45, 2.75) is 49.7 Å². The van der Waals surface area contributed by atoms with Gasteiger partial charge in [-0.25, -0.2) is 4.39 Å². The second kappa shape index (κ2) is 7.12. The van der Waals surface area contributed by atoms with Gasteiger partial charge in [0.05, 0.1) is 36.7 Å². The minimum atomic E-state index is -1.61. The lowest BCUT2D eigenvalue weighted by atomic mass is 9.80. The van der Waals surface area contributed by atoms with E-state index in [2.05, 4.69) is 15.2 Å². The summed E-state index contributed by atoms with van der Waals surface area (Å²) >= 11 is 0. The number of hydrogen-bond acceptors (Lipinski definition) is 6. The van der Waals surface area contributed by atoms with Gasteiger partial charge in [-0.2, -0.15) is 5.10 Å². The van der Waals surface area contributed by atoms with Crippen molar-refractivity contribution in [2.24, 2.45) is 0 Å². The number of halogens is 1. The van der Waals surface area contributed by atoms with E-state index >= 15 is 0 Å². The normalized spacial score (nSPS) is 21.8. The summed E-state index contributed by atoms with van der Waals surface area (Å²) in [4.78, 5) is 18.6. The predicted molar refractivity (Wildman–Crippen MR) is 109 cm³/mol. The quantitative estimate of drug-likeness (QED) is 0.638. The molecule has 1 saturated carbocycles. The number of ether oxygens (including phenoxy) is 1. The van der Waals surface area contributed by atoms with Crippen LogP contribution in [0.5, 0.6) is 0 Å². The zero-order valence-electron chi connectivity index (χ0n) is 17.2. The number of likely N-dealkylation sites (tertiary alicyclic amines) is 1. The van der Waals surface area contributed by atoms with Crippen molar-refractivity contribution in [3.8, 4) is 11.5 Å². The molecule has 3 fully saturated rings. The molecule has 3 aromatic heterocycles. The monoisotopic (exact) mass is 425 g/mol. The van der Waals surface area contributed by atoms with Crippen LogP contribution in [0.15, 0.2) is 29.0 Å². The predicted octanol–water partition coefficient (Wildman–Crippen LogP) is 3.26. The van der Waals surface area contributed by atoms with Crippen molar-refractivity contribution in [3.63, 3.8) is 0 Å². The minimum absolute atomic E-state index is 0.194. The summed E-state index contributed by atoms with van der Waals surface area (Å²) in [7, 11) is 0. The molecule has 0 unspecified atom stereocenters. The first kappa shape index (κ1) is 18.9. The molecule has 2 aliphatic heterocycles. The molecular weight excluding hydrogens is 401 g/mol. The van der Waals surface area contributed by atoms with Crippen LogP contribution in [0.3, 0.4) is 0 Å². The summed E-state index contributed by atoms with van der Waals surface area (Å²) in [6.07, 6.45) is 6.66. The average Bonchev–Trinajstić information content (AvgIpc) is 3.38. The van der Waals surface area contributed by atoms with Crippen molar-refractivity contribution in [2.75, 3.05) is 26.3 Å². The third-order valence-electron chi connectivity index (χ3n) is 6.96. The van der Waals surface area contributed by atoms with Crippen molar-refractivity contribution < 1.29 is 18.4 Å². The van der Waals surface area contributed by atoms with Crippen molar-refractivity contribution in [1.29, 1.82) is 0 Å². The highest BCUT2D eigenvalue weighted by atomic mass is 19.1. The van der Waals surface area contributed by atoms with Gasteiger partial charge >= 0.3 is 0 Å². The minimum Gasteiger partial charge on any atom is -0.377 e. The van der Waals surface area contributed by atoms with Gasteiger partial charge in [-0.3, -0.25) is 14.5 Å². The smallest absolute Gasteiger partial charge is 0.260 e. The van der Waals surface area contributed by atoms with Crippen molar-refractivity contribution in [3.05, 3.63) is 30.2 Å². The number of aromatic nitrogens is 4. The topological polar surface area (TPSA) is 86.3 Å². The summed E-state index contributed by atoms with van der Waals surface area (Å²) in [5, 5.41) is 9.73. The highest BCUT2D eigenvalue weighted by Crippen LogP contribution is 2.39.